The average Bonchev–Trinajstić information content (AvgIpc) is 2.36. The lowest BCUT2D eigenvalue weighted by Crippen LogP contribution is -2.45. The smallest absolute Gasteiger partial charge is 0.339 e. The minimum atomic E-state index is -1.11. The average molecular weight is 254 g/mol. The van der Waals surface area contributed by atoms with Gasteiger partial charge in [-0.15, -0.1) is 0 Å². The minimum absolute atomic E-state index is 0.0142. The second-order valence-electron chi connectivity index (χ2n) is 4.25. The van der Waals surface area contributed by atoms with E-state index in [1.54, 1.807) is 19.9 Å². The number of aliphatic hydroxyl groups excluding tert-OH is 2. The van der Waals surface area contributed by atoms with Gasteiger partial charge >= 0.3 is 5.97 Å². The van der Waals surface area contributed by atoms with E-state index in [0.29, 0.717) is 17.8 Å². The van der Waals surface area contributed by atoms with E-state index in [0.717, 1.165) is 0 Å². The first-order valence-electron chi connectivity index (χ1n) is 5.68. The molecular weight excluding hydrogens is 236 g/mol. The largest absolute Gasteiger partial charge is 0.478 e. The van der Waals surface area contributed by atoms with Crippen LogP contribution in [0.3, 0.4) is 0 Å². The number of anilines is 1. The number of aromatic carboxylic acids is 1. The molecule has 0 aromatic carbocycles. The van der Waals surface area contributed by atoms with E-state index in [1.807, 2.05) is 0 Å². The summed E-state index contributed by atoms with van der Waals surface area (Å²) in [5.41, 5.74) is 0.0847. The van der Waals surface area contributed by atoms with Crippen molar-refractivity contribution in [2.75, 3.05) is 18.5 Å². The molecule has 0 aliphatic carbocycles. The summed E-state index contributed by atoms with van der Waals surface area (Å²) >= 11 is 0. The number of hydrogen-bond donors (Lipinski definition) is 4. The lowest BCUT2D eigenvalue weighted by atomic mass is 9.97. The molecule has 0 fully saturated rings. The van der Waals surface area contributed by atoms with Gasteiger partial charge in [0.05, 0.1) is 24.4 Å². The van der Waals surface area contributed by atoms with E-state index in [-0.39, 0.29) is 18.8 Å². The fourth-order valence-electron chi connectivity index (χ4n) is 1.56. The SMILES string of the molecule is CCC(CO)(CO)Nc1cc(C)ncc1C(=O)O. The summed E-state index contributed by atoms with van der Waals surface area (Å²) < 4.78 is 0. The molecule has 1 rings (SSSR count). The predicted molar refractivity (Wildman–Crippen MR) is 66.7 cm³/mol. The van der Waals surface area contributed by atoms with Crippen LogP contribution in [0.4, 0.5) is 5.69 Å². The third-order valence-electron chi connectivity index (χ3n) is 2.95. The van der Waals surface area contributed by atoms with Gasteiger partial charge in [-0.1, -0.05) is 6.92 Å². The lowest BCUT2D eigenvalue weighted by Gasteiger charge is -2.31. The van der Waals surface area contributed by atoms with Crippen molar-refractivity contribution in [3.8, 4) is 0 Å². The maximum atomic E-state index is 11.1. The number of nitrogens with zero attached hydrogens (tertiary/aromatic N) is 1. The Kier molecular flexibility index (Phi) is 4.63. The number of aliphatic hydroxyl groups is 2. The van der Waals surface area contributed by atoms with Gasteiger partial charge in [0.25, 0.3) is 0 Å². The standard InChI is InChI=1S/C12H18N2O4/c1-3-12(6-15,7-16)14-10-4-8(2)13-5-9(10)11(17)18/h4-5,15-16H,3,6-7H2,1-2H3,(H,13,14)(H,17,18). The first-order chi connectivity index (χ1) is 8.48. The highest BCUT2D eigenvalue weighted by Crippen LogP contribution is 2.22. The van der Waals surface area contributed by atoms with Crippen molar-refractivity contribution >= 4 is 11.7 Å². The Bertz CT molecular complexity index is 422. The van der Waals surface area contributed by atoms with Crippen LogP contribution in [0.2, 0.25) is 0 Å². The van der Waals surface area contributed by atoms with Gasteiger partial charge in [-0.05, 0) is 19.4 Å². The topological polar surface area (TPSA) is 103 Å². The molecule has 1 aromatic heterocycles. The van der Waals surface area contributed by atoms with Crippen molar-refractivity contribution < 1.29 is 20.1 Å². The molecule has 1 aromatic rings. The van der Waals surface area contributed by atoms with Gasteiger partial charge in [0.15, 0.2) is 0 Å². The summed E-state index contributed by atoms with van der Waals surface area (Å²) in [6, 6.07) is 1.58. The van der Waals surface area contributed by atoms with Crippen molar-refractivity contribution in [2.24, 2.45) is 0 Å². The summed E-state index contributed by atoms with van der Waals surface area (Å²) in [5, 5.41) is 30.7. The number of aryl methyl sites for hydroxylation is 1. The van der Waals surface area contributed by atoms with Crippen LogP contribution in [0.1, 0.15) is 29.4 Å². The van der Waals surface area contributed by atoms with Gasteiger partial charge in [0, 0.05) is 11.9 Å². The second kappa shape index (κ2) is 5.79. The highest BCUT2D eigenvalue weighted by Gasteiger charge is 2.28. The molecule has 0 aliphatic heterocycles. The zero-order valence-electron chi connectivity index (χ0n) is 10.5. The maximum absolute atomic E-state index is 11.1. The number of carbonyl (C=O) groups is 1. The number of carboxylic acid groups (broad SMARTS) is 1. The van der Waals surface area contributed by atoms with E-state index in [4.69, 9.17) is 5.11 Å². The zero-order chi connectivity index (χ0) is 13.8. The Hall–Kier alpha value is -1.66. The first kappa shape index (κ1) is 14.4. The van der Waals surface area contributed by atoms with Crippen LogP contribution in [0.25, 0.3) is 0 Å². The molecule has 6 nitrogen and oxygen atoms in total. The molecule has 0 bridgehead atoms. The second-order valence-corrected chi connectivity index (χ2v) is 4.25. The molecule has 100 valence electrons. The fraction of sp³-hybridized carbons (Fsp3) is 0.500. The van der Waals surface area contributed by atoms with Crippen molar-refractivity contribution in [3.63, 3.8) is 0 Å². The Morgan fingerprint density at radius 1 is 1.44 bits per heavy atom. The molecule has 6 heteroatoms. The summed E-state index contributed by atoms with van der Waals surface area (Å²) in [7, 11) is 0. The van der Waals surface area contributed by atoms with E-state index in [1.165, 1.54) is 6.20 Å². The quantitative estimate of drug-likeness (QED) is 0.594. The molecular formula is C12H18N2O4. The first-order valence-corrected chi connectivity index (χ1v) is 5.68. The number of pyridine rings is 1. The number of rotatable bonds is 6. The summed E-state index contributed by atoms with van der Waals surface area (Å²) in [4.78, 5) is 15.0. The van der Waals surface area contributed by atoms with E-state index in [2.05, 4.69) is 10.3 Å². The van der Waals surface area contributed by atoms with Crippen LogP contribution in [0.5, 0.6) is 0 Å². The molecule has 0 spiro atoms. The van der Waals surface area contributed by atoms with Gasteiger partial charge in [0.2, 0.25) is 0 Å². The van der Waals surface area contributed by atoms with Crippen LogP contribution in [-0.4, -0.2) is 45.0 Å². The van der Waals surface area contributed by atoms with Gasteiger partial charge in [-0.2, -0.15) is 0 Å². The molecule has 0 radical (unpaired) electrons. The van der Waals surface area contributed by atoms with E-state index >= 15 is 0 Å². The van der Waals surface area contributed by atoms with Crippen molar-refractivity contribution in [1.29, 1.82) is 0 Å². The summed E-state index contributed by atoms with van der Waals surface area (Å²) in [6.07, 6.45) is 1.72. The third kappa shape index (κ3) is 2.96. The van der Waals surface area contributed by atoms with Gasteiger partial charge in [-0.25, -0.2) is 4.79 Å². The molecule has 0 atom stereocenters. The molecule has 0 unspecified atom stereocenters. The lowest BCUT2D eigenvalue weighted by molar-refractivity contribution is 0.0696. The maximum Gasteiger partial charge on any atom is 0.339 e. The van der Waals surface area contributed by atoms with Gasteiger partial charge in [-0.3, -0.25) is 4.98 Å². The Morgan fingerprint density at radius 3 is 2.50 bits per heavy atom. The molecule has 0 amide bonds. The monoisotopic (exact) mass is 254 g/mol. The van der Waals surface area contributed by atoms with Crippen LogP contribution < -0.4 is 5.32 Å². The van der Waals surface area contributed by atoms with Gasteiger partial charge < -0.3 is 20.6 Å². The number of nitrogens with one attached hydrogen (secondary N) is 1. The predicted octanol–water partition coefficient (Wildman–Crippen LogP) is 0.634. The normalized spacial score (nSPS) is 11.3. The highest BCUT2D eigenvalue weighted by molar-refractivity contribution is 5.94. The minimum Gasteiger partial charge on any atom is -0.478 e. The fourth-order valence-corrected chi connectivity index (χ4v) is 1.56. The third-order valence-corrected chi connectivity index (χ3v) is 2.95. The van der Waals surface area contributed by atoms with Crippen molar-refractivity contribution in [2.45, 2.75) is 25.8 Å². The molecule has 0 aliphatic rings. The summed E-state index contributed by atoms with van der Waals surface area (Å²) in [6.45, 7) is 2.96. The molecule has 0 saturated carbocycles. The number of hydrogen-bond acceptors (Lipinski definition) is 5. The van der Waals surface area contributed by atoms with Gasteiger partial charge in [0.1, 0.15) is 5.56 Å². The molecule has 1 heterocycles. The van der Waals surface area contributed by atoms with Crippen molar-refractivity contribution in [1.82, 2.24) is 4.98 Å². The molecule has 4 N–H and O–H groups in total. The molecule has 0 saturated heterocycles. The van der Waals surface area contributed by atoms with Crippen LogP contribution in [-0.2, 0) is 0 Å². The van der Waals surface area contributed by atoms with E-state index in [9.17, 15) is 15.0 Å². The Balaban J connectivity index is 3.16. The zero-order valence-corrected chi connectivity index (χ0v) is 10.5. The number of carboxylic acids is 1. The number of aromatic nitrogens is 1. The van der Waals surface area contributed by atoms with E-state index < -0.39 is 11.5 Å². The van der Waals surface area contributed by atoms with Crippen molar-refractivity contribution in [3.05, 3.63) is 23.5 Å². The Labute approximate surface area is 105 Å². The van der Waals surface area contributed by atoms with Crippen LogP contribution in [0.15, 0.2) is 12.3 Å². The van der Waals surface area contributed by atoms with Crippen LogP contribution in [0, 0.1) is 6.92 Å². The van der Waals surface area contributed by atoms with Crippen LogP contribution >= 0.6 is 0 Å². The molecule has 18 heavy (non-hydrogen) atoms. The Morgan fingerprint density at radius 2 is 2.06 bits per heavy atom. The summed E-state index contributed by atoms with van der Waals surface area (Å²) in [5.74, 6) is -1.11. The highest BCUT2D eigenvalue weighted by atomic mass is 16.4.